The summed E-state index contributed by atoms with van der Waals surface area (Å²) in [7, 11) is 3.29. The number of anilines is 2. The van der Waals surface area contributed by atoms with Crippen molar-refractivity contribution in [3.05, 3.63) is 53.1 Å². The number of methoxy groups -OCH3 is 1. The van der Waals surface area contributed by atoms with Crippen molar-refractivity contribution in [1.29, 1.82) is 0 Å². The predicted octanol–water partition coefficient (Wildman–Crippen LogP) is 3.55. The van der Waals surface area contributed by atoms with Crippen LogP contribution in [0.4, 0.5) is 11.4 Å². The molecule has 2 N–H and O–H groups in total. The third-order valence-corrected chi connectivity index (χ3v) is 4.72. The van der Waals surface area contributed by atoms with Crippen LogP contribution in [0.1, 0.15) is 12.5 Å². The van der Waals surface area contributed by atoms with Crippen molar-refractivity contribution in [3.8, 4) is 5.75 Å². The van der Waals surface area contributed by atoms with Crippen molar-refractivity contribution in [2.75, 3.05) is 31.3 Å². The van der Waals surface area contributed by atoms with Crippen molar-refractivity contribution in [1.82, 2.24) is 4.90 Å². The van der Waals surface area contributed by atoms with Gasteiger partial charge in [-0.3, -0.25) is 14.5 Å². The van der Waals surface area contributed by atoms with Crippen LogP contribution < -0.4 is 15.4 Å². The summed E-state index contributed by atoms with van der Waals surface area (Å²) in [5.41, 5.74) is 2.10. The lowest BCUT2D eigenvalue weighted by Crippen LogP contribution is -2.43. The molecule has 7 heteroatoms. The highest BCUT2D eigenvalue weighted by molar-refractivity contribution is 6.31. The first-order chi connectivity index (χ1) is 12.8. The molecule has 0 saturated heterocycles. The molecule has 0 aliphatic rings. The molecule has 0 spiro atoms. The number of benzene rings is 2. The van der Waals surface area contributed by atoms with E-state index in [1.807, 2.05) is 6.92 Å². The van der Waals surface area contributed by atoms with Crippen molar-refractivity contribution in [2.45, 2.75) is 19.9 Å². The third kappa shape index (κ3) is 5.70. The van der Waals surface area contributed by atoms with E-state index in [0.717, 1.165) is 5.56 Å². The molecule has 6 nitrogen and oxygen atoms in total. The first-order valence-corrected chi connectivity index (χ1v) is 8.89. The van der Waals surface area contributed by atoms with Gasteiger partial charge < -0.3 is 15.4 Å². The minimum Gasteiger partial charge on any atom is -0.497 e. The van der Waals surface area contributed by atoms with Gasteiger partial charge in [0.25, 0.3) is 0 Å². The van der Waals surface area contributed by atoms with Gasteiger partial charge in [-0.1, -0.05) is 23.7 Å². The van der Waals surface area contributed by atoms with E-state index in [9.17, 15) is 9.59 Å². The predicted molar refractivity (Wildman–Crippen MR) is 109 cm³/mol. The monoisotopic (exact) mass is 389 g/mol. The van der Waals surface area contributed by atoms with E-state index < -0.39 is 6.04 Å². The van der Waals surface area contributed by atoms with E-state index in [1.165, 1.54) is 0 Å². The summed E-state index contributed by atoms with van der Waals surface area (Å²) >= 11 is 6.08. The average Bonchev–Trinajstić information content (AvgIpc) is 2.64. The van der Waals surface area contributed by atoms with Gasteiger partial charge in [0, 0.05) is 22.5 Å². The molecule has 0 aliphatic carbocycles. The SMILES string of the molecule is COc1cccc(NC(=O)CN(C)C(C)C(=O)Nc2cccc(Cl)c2C)c1. The quantitative estimate of drug-likeness (QED) is 0.759. The summed E-state index contributed by atoms with van der Waals surface area (Å²) in [6.45, 7) is 3.66. The van der Waals surface area contributed by atoms with Crippen molar-refractivity contribution >= 4 is 34.8 Å². The summed E-state index contributed by atoms with van der Waals surface area (Å²) in [6.07, 6.45) is 0. The molecular formula is C20H24ClN3O3. The van der Waals surface area contributed by atoms with Gasteiger partial charge >= 0.3 is 0 Å². The van der Waals surface area contributed by atoms with Gasteiger partial charge in [0.15, 0.2) is 0 Å². The number of carbonyl (C=O) groups excluding carboxylic acids is 2. The maximum atomic E-state index is 12.5. The second-order valence-electron chi connectivity index (χ2n) is 6.27. The first-order valence-electron chi connectivity index (χ1n) is 8.52. The van der Waals surface area contributed by atoms with Crippen LogP contribution in [-0.2, 0) is 9.59 Å². The van der Waals surface area contributed by atoms with Crippen molar-refractivity contribution in [2.24, 2.45) is 0 Å². The molecule has 0 fully saturated rings. The largest absolute Gasteiger partial charge is 0.497 e. The number of nitrogens with zero attached hydrogens (tertiary/aromatic N) is 1. The zero-order chi connectivity index (χ0) is 20.0. The summed E-state index contributed by atoms with van der Waals surface area (Å²) in [6, 6.07) is 11.9. The van der Waals surface area contributed by atoms with Crippen LogP contribution in [0, 0.1) is 6.92 Å². The van der Waals surface area contributed by atoms with Crippen molar-refractivity contribution in [3.63, 3.8) is 0 Å². The third-order valence-electron chi connectivity index (χ3n) is 4.31. The van der Waals surface area contributed by atoms with Gasteiger partial charge in [0.05, 0.1) is 19.7 Å². The van der Waals surface area contributed by atoms with Gasteiger partial charge in [0.2, 0.25) is 11.8 Å². The summed E-state index contributed by atoms with van der Waals surface area (Å²) in [4.78, 5) is 26.4. The Morgan fingerprint density at radius 2 is 1.89 bits per heavy atom. The zero-order valence-corrected chi connectivity index (χ0v) is 16.6. The lowest BCUT2D eigenvalue weighted by Gasteiger charge is -2.23. The lowest BCUT2D eigenvalue weighted by atomic mass is 10.2. The molecule has 0 saturated carbocycles. The molecule has 1 unspecified atom stereocenters. The number of amides is 2. The molecule has 144 valence electrons. The minimum atomic E-state index is -0.501. The molecule has 1 atom stereocenters. The van der Waals surface area contributed by atoms with Crippen LogP contribution in [-0.4, -0.2) is 43.5 Å². The average molecular weight is 390 g/mol. The fraction of sp³-hybridized carbons (Fsp3) is 0.300. The topological polar surface area (TPSA) is 70.7 Å². The van der Waals surface area contributed by atoms with E-state index in [4.69, 9.17) is 16.3 Å². The number of hydrogen-bond acceptors (Lipinski definition) is 4. The van der Waals surface area contributed by atoms with Crippen LogP contribution in [0.2, 0.25) is 5.02 Å². The molecule has 0 radical (unpaired) electrons. The van der Waals surface area contributed by atoms with E-state index >= 15 is 0 Å². The van der Waals surface area contributed by atoms with Crippen LogP contribution in [0.25, 0.3) is 0 Å². The summed E-state index contributed by atoms with van der Waals surface area (Å²) < 4.78 is 5.14. The van der Waals surface area contributed by atoms with E-state index in [0.29, 0.717) is 22.1 Å². The molecular weight excluding hydrogens is 366 g/mol. The number of likely N-dealkylation sites (N-methyl/N-ethyl adjacent to an activating group) is 1. The first kappa shape index (κ1) is 20.7. The van der Waals surface area contributed by atoms with Gasteiger partial charge in [-0.15, -0.1) is 0 Å². The number of rotatable bonds is 7. The standard InChI is InChI=1S/C20H24ClN3O3/c1-13-17(21)9-6-10-18(13)23-20(26)14(2)24(3)12-19(25)22-15-7-5-8-16(11-15)27-4/h5-11,14H,12H2,1-4H3,(H,22,25)(H,23,26). The molecule has 2 amide bonds. The lowest BCUT2D eigenvalue weighted by molar-refractivity contribution is -0.122. The van der Waals surface area contributed by atoms with Gasteiger partial charge in [-0.2, -0.15) is 0 Å². The van der Waals surface area contributed by atoms with Gasteiger partial charge in [-0.05, 0) is 50.7 Å². The Kier molecular flexibility index (Phi) is 7.21. The summed E-state index contributed by atoms with van der Waals surface area (Å²) in [5.74, 6) is 0.229. The maximum absolute atomic E-state index is 12.5. The fourth-order valence-corrected chi connectivity index (χ4v) is 2.62. The number of carbonyl (C=O) groups is 2. The molecule has 0 heterocycles. The summed E-state index contributed by atoms with van der Waals surface area (Å²) in [5, 5.41) is 6.24. The Bertz CT molecular complexity index is 826. The highest BCUT2D eigenvalue weighted by Crippen LogP contribution is 2.23. The number of hydrogen-bond donors (Lipinski definition) is 2. The van der Waals surface area contributed by atoms with Gasteiger partial charge in [0.1, 0.15) is 5.75 Å². The maximum Gasteiger partial charge on any atom is 0.241 e. The van der Waals surface area contributed by atoms with E-state index in [-0.39, 0.29) is 18.4 Å². The Balaban J connectivity index is 1.93. The van der Waals surface area contributed by atoms with Crippen LogP contribution in [0.15, 0.2) is 42.5 Å². The molecule has 0 aromatic heterocycles. The highest BCUT2D eigenvalue weighted by Gasteiger charge is 2.21. The van der Waals surface area contributed by atoms with Gasteiger partial charge in [-0.25, -0.2) is 0 Å². The van der Waals surface area contributed by atoms with Crippen molar-refractivity contribution < 1.29 is 14.3 Å². The second kappa shape index (κ2) is 9.39. The molecule has 2 rings (SSSR count). The zero-order valence-electron chi connectivity index (χ0n) is 15.9. The molecule has 2 aromatic rings. The Morgan fingerprint density at radius 3 is 2.59 bits per heavy atom. The van der Waals surface area contributed by atoms with E-state index in [2.05, 4.69) is 10.6 Å². The number of nitrogens with one attached hydrogen (secondary N) is 2. The molecule has 0 bridgehead atoms. The highest BCUT2D eigenvalue weighted by atomic mass is 35.5. The van der Waals surface area contributed by atoms with Crippen LogP contribution in [0.5, 0.6) is 5.75 Å². The Labute approximate surface area is 164 Å². The molecule has 2 aromatic carbocycles. The minimum absolute atomic E-state index is 0.0698. The smallest absolute Gasteiger partial charge is 0.241 e. The van der Waals surface area contributed by atoms with E-state index in [1.54, 1.807) is 68.4 Å². The fourth-order valence-electron chi connectivity index (χ4n) is 2.45. The molecule has 27 heavy (non-hydrogen) atoms. The molecule has 0 aliphatic heterocycles. The Hall–Kier alpha value is -2.57. The van der Waals surface area contributed by atoms with Crippen LogP contribution in [0.3, 0.4) is 0 Å². The van der Waals surface area contributed by atoms with Crippen LogP contribution >= 0.6 is 11.6 Å². The Morgan fingerprint density at radius 1 is 1.19 bits per heavy atom. The number of ether oxygens (including phenoxy) is 1. The second-order valence-corrected chi connectivity index (χ2v) is 6.68. The number of halogens is 1. The normalized spacial score (nSPS) is 11.8.